The SMILES string of the molecule is CC1(C)C(O)CC1Nc1ccccc1S(=O)(=O)NC1CC1. The Kier molecular flexibility index (Phi) is 3.50. The Morgan fingerprint density at radius 2 is 1.90 bits per heavy atom. The Morgan fingerprint density at radius 3 is 2.48 bits per heavy atom. The molecule has 0 saturated heterocycles. The van der Waals surface area contributed by atoms with Crippen molar-refractivity contribution in [3.8, 4) is 0 Å². The summed E-state index contributed by atoms with van der Waals surface area (Å²) >= 11 is 0. The van der Waals surface area contributed by atoms with E-state index in [2.05, 4.69) is 10.0 Å². The van der Waals surface area contributed by atoms with Crippen molar-refractivity contribution in [3.05, 3.63) is 24.3 Å². The summed E-state index contributed by atoms with van der Waals surface area (Å²) in [4.78, 5) is 0.286. The van der Waals surface area contributed by atoms with Crippen LogP contribution in [0.4, 0.5) is 5.69 Å². The van der Waals surface area contributed by atoms with Crippen LogP contribution in [-0.2, 0) is 10.0 Å². The Bertz CT molecular complexity index is 638. The van der Waals surface area contributed by atoms with Crippen LogP contribution in [0.25, 0.3) is 0 Å². The zero-order chi connectivity index (χ0) is 15.3. The van der Waals surface area contributed by atoms with Crippen molar-refractivity contribution in [1.82, 2.24) is 4.72 Å². The summed E-state index contributed by atoms with van der Waals surface area (Å²) in [6.45, 7) is 3.97. The van der Waals surface area contributed by atoms with Crippen molar-refractivity contribution in [2.24, 2.45) is 5.41 Å². The van der Waals surface area contributed by atoms with Crippen LogP contribution in [-0.4, -0.2) is 31.7 Å². The first-order valence-electron chi connectivity index (χ1n) is 7.36. The number of aliphatic hydroxyl groups excluding tert-OH is 1. The van der Waals surface area contributed by atoms with E-state index >= 15 is 0 Å². The third-order valence-corrected chi connectivity index (χ3v) is 6.20. The molecular formula is C15H22N2O3S. The molecule has 0 radical (unpaired) electrons. The van der Waals surface area contributed by atoms with Crippen LogP contribution in [0.5, 0.6) is 0 Å². The van der Waals surface area contributed by atoms with Crippen LogP contribution < -0.4 is 10.0 Å². The van der Waals surface area contributed by atoms with Crippen LogP contribution >= 0.6 is 0 Å². The van der Waals surface area contributed by atoms with Crippen LogP contribution in [0.1, 0.15) is 33.1 Å². The number of nitrogens with one attached hydrogen (secondary N) is 2. The summed E-state index contributed by atoms with van der Waals surface area (Å²) in [5.74, 6) is 0. The van der Waals surface area contributed by atoms with Crippen LogP contribution in [0.3, 0.4) is 0 Å². The molecule has 2 unspecified atom stereocenters. The van der Waals surface area contributed by atoms with Crippen molar-refractivity contribution in [3.63, 3.8) is 0 Å². The van der Waals surface area contributed by atoms with Crippen LogP contribution in [0.2, 0.25) is 0 Å². The van der Waals surface area contributed by atoms with E-state index in [-0.39, 0.29) is 28.5 Å². The smallest absolute Gasteiger partial charge is 0.242 e. The van der Waals surface area contributed by atoms with Crippen LogP contribution in [0.15, 0.2) is 29.2 Å². The Morgan fingerprint density at radius 1 is 1.24 bits per heavy atom. The molecule has 2 saturated carbocycles. The average molecular weight is 310 g/mol. The number of aliphatic hydroxyl groups is 1. The number of anilines is 1. The minimum absolute atomic E-state index is 0.0739. The Labute approximate surface area is 125 Å². The fourth-order valence-electron chi connectivity index (χ4n) is 2.64. The molecular weight excluding hydrogens is 288 g/mol. The third kappa shape index (κ3) is 2.80. The second-order valence-electron chi connectivity index (χ2n) is 6.66. The standard InChI is InChI=1S/C15H22N2O3S/c1-15(2)13(9-14(15)18)16-11-5-3-4-6-12(11)21(19,20)17-10-7-8-10/h3-6,10,13-14,16-18H,7-9H2,1-2H3. The first-order valence-corrected chi connectivity index (χ1v) is 8.85. The minimum atomic E-state index is -3.48. The minimum Gasteiger partial charge on any atom is -0.392 e. The largest absolute Gasteiger partial charge is 0.392 e. The lowest BCUT2D eigenvalue weighted by Gasteiger charge is -2.50. The van der Waals surface area contributed by atoms with Crippen LogP contribution in [0, 0.1) is 5.41 Å². The highest BCUT2D eigenvalue weighted by molar-refractivity contribution is 7.89. The van der Waals surface area contributed by atoms with E-state index in [0.717, 1.165) is 12.8 Å². The van der Waals surface area contributed by atoms with Gasteiger partial charge in [0.05, 0.1) is 11.8 Å². The van der Waals surface area contributed by atoms with Crippen molar-refractivity contribution < 1.29 is 13.5 Å². The quantitative estimate of drug-likeness (QED) is 0.773. The summed E-state index contributed by atoms with van der Waals surface area (Å²) < 4.78 is 27.5. The van der Waals surface area contributed by atoms with E-state index in [1.54, 1.807) is 18.2 Å². The van der Waals surface area contributed by atoms with Gasteiger partial charge in [-0.25, -0.2) is 13.1 Å². The van der Waals surface area contributed by atoms with Gasteiger partial charge in [0.15, 0.2) is 0 Å². The van der Waals surface area contributed by atoms with E-state index < -0.39 is 10.0 Å². The number of hydrogen-bond donors (Lipinski definition) is 3. The molecule has 0 heterocycles. The summed E-state index contributed by atoms with van der Waals surface area (Å²) in [6.07, 6.45) is 2.12. The number of sulfonamides is 1. The molecule has 0 amide bonds. The first kappa shape index (κ1) is 14.8. The van der Waals surface area contributed by atoms with Gasteiger partial charge in [-0.3, -0.25) is 0 Å². The lowest BCUT2D eigenvalue weighted by Crippen LogP contribution is -2.57. The molecule has 1 aromatic carbocycles. The zero-order valence-corrected chi connectivity index (χ0v) is 13.2. The predicted molar refractivity (Wildman–Crippen MR) is 81.6 cm³/mol. The molecule has 1 aromatic rings. The Hall–Kier alpha value is -1.11. The molecule has 0 spiro atoms. The maximum absolute atomic E-state index is 12.4. The van der Waals surface area contributed by atoms with Gasteiger partial charge in [0.1, 0.15) is 4.90 Å². The molecule has 116 valence electrons. The number of rotatable bonds is 5. The van der Waals surface area contributed by atoms with Gasteiger partial charge in [-0.2, -0.15) is 0 Å². The monoisotopic (exact) mass is 310 g/mol. The van der Waals surface area contributed by atoms with Gasteiger partial charge in [0.25, 0.3) is 0 Å². The molecule has 6 heteroatoms. The fraction of sp³-hybridized carbons (Fsp3) is 0.600. The number of hydrogen-bond acceptors (Lipinski definition) is 4. The van der Waals surface area contributed by atoms with Gasteiger partial charge < -0.3 is 10.4 Å². The summed E-state index contributed by atoms with van der Waals surface area (Å²) in [7, 11) is -3.48. The molecule has 21 heavy (non-hydrogen) atoms. The second kappa shape index (κ2) is 4.97. The predicted octanol–water partition coefficient (Wildman–Crippen LogP) is 1.70. The van der Waals surface area contributed by atoms with Gasteiger partial charge in [0, 0.05) is 17.5 Å². The van der Waals surface area contributed by atoms with Crippen molar-refractivity contribution in [1.29, 1.82) is 0 Å². The number of para-hydroxylation sites is 1. The summed E-state index contributed by atoms with van der Waals surface area (Å²) in [6, 6.07) is 7.11. The first-order chi connectivity index (χ1) is 9.80. The summed E-state index contributed by atoms with van der Waals surface area (Å²) in [5.41, 5.74) is 0.358. The lowest BCUT2D eigenvalue weighted by atomic mass is 9.64. The molecule has 2 fully saturated rings. The van der Waals surface area contributed by atoms with E-state index in [1.807, 2.05) is 19.9 Å². The van der Waals surface area contributed by atoms with E-state index in [1.165, 1.54) is 0 Å². The van der Waals surface area contributed by atoms with Gasteiger partial charge in [-0.1, -0.05) is 26.0 Å². The topological polar surface area (TPSA) is 78.4 Å². The van der Waals surface area contributed by atoms with Gasteiger partial charge in [0.2, 0.25) is 10.0 Å². The van der Waals surface area contributed by atoms with Gasteiger partial charge in [-0.05, 0) is 31.4 Å². The number of benzene rings is 1. The maximum Gasteiger partial charge on any atom is 0.242 e. The highest BCUT2D eigenvalue weighted by Crippen LogP contribution is 2.42. The third-order valence-electron chi connectivity index (χ3n) is 4.62. The molecule has 2 aliphatic rings. The molecule has 3 N–H and O–H groups in total. The van der Waals surface area contributed by atoms with Crippen molar-refractivity contribution in [2.45, 2.75) is 56.2 Å². The molecule has 3 rings (SSSR count). The lowest BCUT2D eigenvalue weighted by molar-refractivity contribution is -0.0511. The van der Waals surface area contributed by atoms with Gasteiger partial charge in [-0.15, -0.1) is 0 Å². The van der Waals surface area contributed by atoms with Crippen molar-refractivity contribution in [2.75, 3.05) is 5.32 Å². The highest BCUT2D eigenvalue weighted by atomic mass is 32.2. The summed E-state index contributed by atoms with van der Waals surface area (Å²) in [5, 5.41) is 13.1. The van der Waals surface area contributed by atoms with E-state index in [9.17, 15) is 13.5 Å². The molecule has 5 nitrogen and oxygen atoms in total. The highest BCUT2D eigenvalue weighted by Gasteiger charge is 2.47. The fourth-order valence-corrected chi connectivity index (χ4v) is 4.12. The normalized spacial score (nSPS) is 28.0. The average Bonchev–Trinajstić information content (AvgIpc) is 3.22. The molecule has 0 aromatic heterocycles. The Balaban J connectivity index is 1.83. The van der Waals surface area contributed by atoms with Gasteiger partial charge >= 0.3 is 0 Å². The maximum atomic E-state index is 12.4. The van der Waals surface area contributed by atoms with E-state index in [0.29, 0.717) is 12.1 Å². The van der Waals surface area contributed by atoms with E-state index in [4.69, 9.17) is 0 Å². The molecule has 0 aliphatic heterocycles. The molecule has 0 bridgehead atoms. The second-order valence-corrected chi connectivity index (χ2v) is 8.34. The molecule has 2 aliphatic carbocycles. The molecule has 2 atom stereocenters. The van der Waals surface area contributed by atoms with Crippen molar-refractivity contribution >= 4 is 15.7 Å². The zero-order valence-electron chi connectivity index (χ0n) is 12.3.